The number of carbonyl (C=O) groups excluding carboxylic acids is 2. The molecule has 178 valence electrons. The Labute approximate surface area is 194 Å². The molecular weight excluding hydrogens is 440 g/mol. The predicted molar refractivity (Wildman–Crippen MR) is 125 cm³/mol. The van der Waals surface area contributed by atoms with Gasteiger partial charge >= 0.3 is 11.7 Å². The van der Waals surface area contributed by atoms with Gasteiger partial charge in [0.15, 0.2) is 5.58 Å². The number of carbonyl (C=O) groups is 2. The van der Waals surface area contributed by atoms with Crippen LogP contribution in [0.25, 0.3) is 11.1 Å². The molecule has 1 aromatic heterocycles. The van der Waals surface area contributed by atoms with Crippen LogP contribution in [0.15, 0.2) is 51.4 Å². The number of hydrogen-bond acceptors (Lipinski definition) is 9. The number of nitrogens with two attached hydrogens (primary N) is 3. The zero-order chi connectivity index (χ0) is 24.4. The lowest BCUT2D eigenvalue weighted by molar-refractivity contribution is -0.119. The van der Waals surface area contributed by atoms with Crippen molar-refractivity contribution in [2.45, 2.75) is 20.0 Å². The number of primary amides is 1. The number of aromatic amines is 1. The lowest BCUT2D eigenvalue weighted by Crippen LogP contribution is -2.38. The van der Waals surface area contributed by atoms with E-state index in [1.807, 2.05) is 17.9 Å². The Morgan fingerprint density at radius 1 is 1.18 bits per heavy atom. The maximum Gasteiger partial charge on any atom is 0.417 e. The highest BCUT2D eigenvalue weighted by atomic mass is 16.5. The standard InChI is InChI=1S/C23H26N6O5/c1-13-14(2-4-17-18(13)12-33-22(17)31)6-7-28(11-21(25)30)9-15(24)10-29(26)16-3-5-20-19(8-16)27-23(32)34-20/h2-5,8,10H,6-7,9,11-12,24,26H2,1H3,(H2,25,30)(H,27,32)/b15-10-. The third-order valence-corrected chi connectivity index (χ3v) is 5.77. The molecule has 2 heterocycles. The van der Waals surface area contributed by atoms with E-state index in [1.165, 1.54) is 11.2 Å². The van der Waals surface area contributed by atoms with E-state index >= 15 is 0 Å². The molecule has 1 aliphatic heterocycles. The van der Waals surface area contributed by atoms with Gasteiger partial charge in [-0.3, -0.25) is 19.7 Å². The summed E-state index contributed by atoms with van der Waals surface area (Å²) in [4.78, 5) is 39.1. The summed E-state index contributed by atoms with van der Waals surface area (Å²) in [5.74, 6) is 4.79. The number of fused-ring (bicyclic) bond motifs is 2. The van der Waals surface area contributed by atoms with Crippen LogP contribution in [0.1, 0.15) is 27.0 Å². The highest BCUT2D eigenvalue weighted by Crippen LogP contribution is 2.26. The van der Waals surface area contributed by atoms with Gasteiger partial charge in [-0.25, -0.2) is 15.4 Å². The van der Waals surface area contributed by atoms with Crippen LogP contribution in [-0.4, -0.2) is 41.4 Å². The van der Waals surface area contributed by atoms with Crippen LogP contribution >= 0.6 is 0 Å². The zero-order valence-electron chi connectivity index (χ0n) is 18.7. The van der Waals surface area contributed by atoms with Gasteiger partial charge in [0.1, 0.15) is 6.61 Å². The van der Waals surface area contributed by atoms with E-state index in [9.17, 15) is 14.4 Å². The number of nitrogens with one attached hydrogen (secondary N) is 1. The summed E-state index contributed by atoms with van der Waals surface area (Å²) in [6.45, 7) is 3.02. The quantitative estimate of drug-likeness (QED) is 0.200. The number of nitrogens with zero attached hydrogens (tertiary/aromatic N) is 2. The summed E-state index contributed by atoms with van der Waals surface area (Å²) in [6.07, 6.45) is 2.17. The number of cyclic esters (lactones) is 1. The first-order valence-electron chi connectivity index (χ1n) is 10.6. The van der Waals surface area contributed by atoms with Crippen molar-refractivity contribution >= 4 is 28.7 Å². The molecule has 11 nitrogen and oxygen atoms in total. The number of esters is 1. The van der Waals surface area contributed by atoms with E-state index in [2.05, 4.69) is 4.98 Å². The number of oxazole rings is 1. The SMILES string of the molecule is Cc1c(CCN(CC(N)=O)C/C(N)=C/N(N)c2ccc3oc(=O)[nH]c3c2)ccc2c1COC2=O. The van der Waals surface area contributed by atoms with E-state index in [1.54, 1.807) is 24.3 Å². The Bertz CT molecular complexity index is 1340. The number of ether oxygens (including phenoxy) is 1. The van der Waals surface area contributed by atoms with Crippen LogP contribution in [0.5, 0.6) is 0 Å². The minimum absolute atomic E-state index is 0.0207. The summed E-state index contributed by atoms with van der Waals surface area (Å²) in [7, 11) is 0. The van der Waals surface area contributed by atoms with Gasteiger partial charge in [-0.1, -0.05) is 6.07 Å². The molecule has 0 atom stereocenters. The first-order valence-corrected chi connectivity index (χ1v) is 10.6. The molecule has 34 heavy (non-hydrogen) atoms. The van der Waals surface area contributed by atoms with Crippen molar-refractivity contribution in [2.75, 3.05) is 24.6 Å². The monoisotopic (exact) mass is 466 g/mol. The second-order valence-corrected chi connectivity index (χ2v) is 8.19. The second-order valence-electron chi connectivity index (χ2n) is 8.19. The van der Waals surface area contributed by atoms with Crippen molar-refractivity contribution in [3.63, 3.8) is 0 Å². The number of H-pyrrole nitrogens is 1. The molecule has 0 fully saturated rings. The topological polar surface area (TPSA) is 174 Å². The molecule has 3 aromatic rings. The van der Waals surface area contributed by atoms with Crippen LogP contribution in [-0.2, 0) is 22.6 Å². The highest BCUT2D eigenvalue weighted by molar-refractivity contribution is 5.93. The van der Waals surface area contributed by atoms with E-state index in [0.717, 1.165) is 16.7 Å². The minimum atomic E-state index is -0.550. The van der Waals surface area contributed by atoms with Gasteiger partial charge in [0.25, 0.3) is 0 Å². The van der Waals surface area contributed by atoms with Crippen LogP contribution in [0.4, 0.5) is 5.69 Å². The molecule has 0 bridgehead atoms. The molecule has 0 radical (unpaired) electrons. The van der Waals surface area contributed by atoms with Crippen molar-refractivity contribution in [2.24, 2.45) is 17.3 Å². The first-order chi connectivity index (χ1) is 16.2. The first kappa shape index (κ1) is 23.1. The van der Waals surface area contributed by atoms with Gasteiger partial charge in [-0.2, -0.15) is 0 Å². The highest BCUT2D eigenvalue weighted by Gasteiger charge is 2.24. The normalized spacial score (nSPS) is 13.4. The van der Waals surface area contributed by atoms with Crippen LogP contribution in [0, 0.1) is 6.92 Å². The lowest BCUT2D eigenvalue weighted by Gasteiger charge is -2.23. The van der Waals surface area contributed by atoms with Crippen LogP contribution in [0.2, 0.25) is 0 Å². The van der Waals surface area contributed by atoms with Crippen LogP contribution < -0.4 is 28.1 Å². The molecule has 11 heteroatoms. The number of rotatable bonds is 9. The lowest BCUT2D eigenvalue weighted by atomic mass is 9.96. The second kappa shape index (κ2) is 9.41. The molecule has 1 amide bonds. The number of benzene rings is 2. The van der Waals surface area contributed by atoms with Gasteiger partial charge in [0.05, 0.1) is 23.3 Å². The van der Waals surface area contributed by atoms with E-state index in [0.29, 0.717) is 41.0 Å². The van der Waals surface area contributed by atoms with Gasteiger partial charge in [0, 0.05) is 30.5 Å². The van der Waals surface area contributed by atoms with E-state index in [4.69, 9.17) is 26.5 Å². The van der Waals surface area contributed by atoms with Gasteiger partial charge in [0.2, 0.25) is 5.91 Å². The summed E-state index contributed by atoms with van der Waals surface area (Å²) in [5, 5.41) is 1.32. The fourth-order valence-electron chi connectivity index (χ4n) is 4.03. The third kappa shape index (κ3) is 4.95. The Morgan fingerprint density at radius 3 is 2.74 bits per heavy atom. The van der Waals surface area contributed by atoms with Gasteiger partial charge in [-0.15, -0.1) is 0 Å². The maximum atomic E-state index is 11.8. The van der Waals surface area contributed by atoms with Crippen LogP contribution in [0.3, 0.4) is 0 Å². The maximum absolute atomic E-state index is 11.8. The number of amides is 1. The van der Waals surface area contributed by atoms with Gasteiger partial charge in [-0.05, 0) is 48.7 Å². The number of anilines is 1. The minimum Gasteiger partial charge on any atom is -0.457 e. The molecule has 0 spiro atoms. The Hall–Kier alpha value is -4.09. The fourth-order valence-corrected chi connectivity index (χ4v) is 4.03. The molecule has 0 saturated carbocycles. The molecule has 0 unspecified atom stereocenters. The summed E-state index contributed by atoms with van der Waals surface area (Å²) < 4.78 is 10.1. The van der Waals surface area contributed by atoms with Crippen molar-refractivity contribution in [3.8, 4) is 0 Å². The van der Waals surface area contributed by atoms with Crippen molar-refractivity contribution in [1.82, 2.24) is 9.88 Å². The molecule has 7 N–H and O–H groups in total. The Balaban J connectivity index is 1.45. The van der Waals surface area contributed by atoms with Crippen molar-refractivity contribution in [3.05, 3.63) is 75.0 Å². The number of aromatic nitrogens is 1. The number of hydrazine groups is 1. The predicted octanol–water partition coefficient (Wildman–Crippen LogP) is 0.610. The van der Waals surface area contributed by atoms with E-state index < -0.39 is 11.7 Å². The molecule has 2 aromatic carbocycles. The number of hydrogen-bond donors (Lipinski definition) is 4. The van der Waals surface area contributed by atoms with Crippen molar-refractivity contribution in [1.29, 1.82) is 0 Å². The van der Waals surface area contributed by atoms with Gasteiger partial charge < -0.3 is 20.6 Å². The fraction of sp³-hybridized carbons (Fsp3) is 0.261. The zero-order valence-corrected chi connectivity index (χ0v) is 18.7. The molecule has 4 rings (SSSR count). The average Bonchev–Trinajstić information content (AvgIpc) is 3.33. The molecule has 1 aliphatic rings. The van der Waals surface area contributed by atoms with Crippen molar-refractivity contribution < 1.29 is 18.7 Å². The third-order valence-electron chi connectivity index (χ3n) is 5.77. The summed E-state index contributed by atoms with van der Waals surface area (Å²) in [6, 6.07) is 8.66. The largest absolute Gasteiger partial charge is 0.457 e. The van der Waals surface area contributed by atoms with E-state index in [-0.39, 0.29) is 25.7 Å². The molecule has 0 saturated heterocycles. The Morgan fingerprint density at radius 2 is 1.97 bits per heavy atom. The average molecular weight is 466 g/mol. The molecular formula is C23H26N6O5. The Kier molecular flexibility index (Phi) is 6.39. The molecule has 0 aliphatic carbocycles. The smallest absolute Gasteiger partial charge is 0.417 e. The summed E-state index contributed by atoms with van der Waals surface area (Å²) in [5.41, 5.74) is 17.1. The summed E-state index contributed by atoms with van der Waals surface area (Å²) >= 11 is 0.